The van der Waals surface area contributed by atoms with Gasteiger partial charge in [0.2, 0.25) is 5.91 Å². The number of carbonyl (C=O) groups is 1. The molecule has 1 atom stereocenters. The number of carbonyl (C=O) groups excluding carboxylic acids is 1. The van der Waals surface area contributed by atoms with Crippen molar-refractivity contribution in [2.75, 3.05) is 39.9 Å². The molecule has 1 heterocycles. The molecule has 0 aromatic rings. The van der Waals surface area contributed by atoms with Crippen LogP contribution in [0.4, 0.5) is 0 Å². The molecule has 0 radical (unpaired) electrons. The topological polar surface area (TPSA) is 41.6 Å². The van der Waals surface area contributed by atoms with Gasteiger partial charge in [0.25, 0.3) is 0 Å². The highest BCUT2D eigenvalue weighted by molar-refractivity contribution is 5.77. The summed E-state index contributed by atoms with van der Waals surface area (Å²) in [6, 6.07) is 0. The summed E-state index contributed by atoms with van der Waals surface area (Å²) in [7, 11) is 1.83. The Kier molecular flexibility index (Phi) is 5.65. The second-order valence-corrected chi connectivity index (χ2v) is 4.12. The van der Waals surface area contributed by atoms with Crippen LogP contribution < -0.4 is 5.32 Å². The first kappa shape index (κ1) is 12.5. The van der Waals surface area contributed by atoms with Gasteiger partial charge in [0, 0.05) is 26.7 Å². The van der Waals surface area contributed by atoms with Gasteiger partial charge in [-0.1, -0.05) is 0 Å². The van der Waals surface area contributed by atoms with E-state index in [4.69, 9.17) is 4.74 Å². The summed E-state index contributed by atoms with van der Waals surface area (Å²) in [5.74, 6) is 0.743. The van der Waals surface area contributed by atoms with E-state index in [1.165, 1.54) is 6.42 Å². The van der Waals surface area contributed by atoms with E-state index in [9.17, 15) is 4.79 Å². The minimum Gasteiger partial charge on any atom is -0.381 e. The van der Waals surface area contributed by atoms with Crippen LogP contribution in [0.2, 0.25) is 0 Å². The average molecular weight is 214 g/mol. The lowest BCUT2D eigenvalue weighted by Crippen LogP contribution is -2.38. The van der Waals surface area contributed by atoms with E-state index in [1.807, 2.05) is 14.0 Å². The second-order valence-electron chi connectivity index (χ2n) is 4.12. The molecule has 4 nitrogen and oxygen atoms in total. The lowest BCUT2D eigenvalue weighted by molar-refractivity contribution is -0.128. The van der Waals surface area contributed by atoms with Crippen LogP contribution in [0.3, 0.4) is 0 Å². The van der Waals surface area contributed by atoms with Crippen molar-refractivity contribution in [2.24, 2.45) is 5.92 Å². The predicted molar refractivity (Wildman–Crippen MR) is 59.7 cm³/mol. The Morgan fingerprint density at radius 1 is 1.60 bits per heavy atom. The van der Waals surface area contributed by atoms with Gasteiger partial charge in [0.15, 0.2) is 0 Å². The molecule has 1 aliphatic rings. The number of nitrogens with one attached hydrogen (secondary N) is 1. The Bertz CT molecular complexity index is 191. The van der Waals surface area contributed by atoms with Gasteiger partial charge >= 0.3 is 0 Å². The molecule has 1 amide bonds. The zero-order valence-corrected chi connectivity index (χ0v) is 9.79. The Labute approximate surface area is 92.0 Å². The molecule has 1 unspecified atom stereocenters. The zero-order valence-electron chi connectivity index (χ0n) is 9.79. The van der Waals surface area contributed by atoms with E-state index in [-0.39, 0.29) is 5.91 Å². The molecule has 0 aliphatic carbocycles. The van der Waals surface area contributed by atoms with E-state index >= 15 is 0 Å². The Morgan fingerprint density at radius 3 is 3.00 bits per heavy atom. The van der Waals surface area contributed by atoms with Crippen molar-refractivity contribution < 1.29 is 9.53 Å². The van der Waals surface area contributed by atoms with Crippen LogP contribution >= 0.6 is 0 Å². The smallest absolute Gasteiger partial charge is 0.236 e. The third-order valence-electron chi connectivity index (χ3n) is 2.86. The molecule has 4 heteroatoms. The van der Waals surface area contributed by atoms with Gasteiger partial charge in [-0.25, -0.2) is 0 Å². The molecular weight excluding hydrogens is 192 g/mol. The summed E-state index contributed by atoms with van der Waals surface area (Å²) in [5.41, 5.74) is 0. The first-order valence-corrected chi connectivity index (χ1v) is 5.76. The summed E-state index contributed by atoms with van der Waals surface area (Å²) < 4.78 is 5.37. The number of rotatable bonds is 5. The van der Waals surface area contributed by atoms with Gasteiger partial charge in [0.05, 0.1) is 13.2 Å². The first-order valence-electron chi connectivity index (χ1n) is 5.76. The molecule has 1 fully saturated rings. The fraction of sp³-hybridized carbons (Fsp3) is 0.909. The number of likely N-dealkylation sites (N-methyl/N-ethyl adjacent to an activating group) is 1. The molecular formula is C11H22N2O2. The number of hydrogen-bond donors (Lipinski definition) is 1. The summed E-state index contributed by atoms with van der Waals surface area (Å²) in [6.07, 6.45) is 2.36. The number of hydrogen-bond acceptors (Lipinski definition) is 3. The van der Waals surface area contributed by atoms with E-state index < -0.39 is 0 Å². The Hall–Kier alpha value is -0.610. The summed E-state index contributed by atoms with van der Waals surface area (Å²) in [5, 5.41) is 3.20. The molecule has 1 saturated heterocycles. The summed E-state index contributed by atoms with van der Waals surface area (Å²) in [4.78, 5) is 13.2. The number of amides is 1. The normalized spacial score (nSPS) is 21.3. The van der Waals surface area contributed by atoms with E-state index in [1.54, 1.807) is 4.90 Å². The highest BCUT2D eigenvalue weighted by Crippen LogP contribution is 2.11. The SMILES string of the molecule is CCN(C)C(=O)CNCC1CCCOC1. The van der Waals surface area contributed by atoms with Crippen LogP contribution in [0, 0.1) is 5.92 Å². The highest BCUT2D eigenvalue weighted by atomic mass is 16.5. The molecule has 0 spiro atoms. The van der Waals surface area contributed by atoms with E-state index in [0.717, 1.165) is 32.7 Å². The van der Waals surface area contributed by atoms with E-state index in [2.05, 4.69) is 5.32 Å². The largest absolute Gasteiger partial charge is 0.381 e. The Morgan fingerprint density at radius 2 is 2.40 bits per heavy atom. The first-order chi connectivity index (χ1) is 7.24. The van der Waals surface area contributed by atoms with Crippen molar-refractivity contribution in [1.29, 1.82) is 0 Å². The van der Waals surface area contributed by atoms with Crippen molar-refractivity contribution in [1.82, 2.24) is 10.2 Å². The molecule has 0 aromatic carbocycles. The maximum atomic E-state index is 11.4. The molecule has 0 saturated carbocycles. The minimum absolute atomic E-state index is 0.161. The van der Waals surface area contributed by atoms with Crippen LogP contribution in [-0.4, -0.2) is 50.7 Å². The van der Waals surface area contributed by atoms with E-state index in [0.29, 0.717) is 12.5 Å². The van der Waals surface area contributed by atoms with Crippen LogP contribution in [-0.2, 0) is 9.53 Å². The fourth-order valence-corrected chi connectivity index (χ4v) is 1.66. The molecule has 0 aromatic heterocycles. The lowest BCUT2D eigenvalue weighted by Gasteiger charge is -2.22. The predicted octanol–water partition coefficient (Wildman–Crippen LogP) is 0.481. The third kappa shape index (κ3) is 4.62. The highest BCUT2D eigenvalue weighted by Gasteiger charge is 2.14. The summed E-state index contributed by atoms with van der Waals surface area (Å²) >= 11 is 0. The van der Waals surface area contributed by atoms with Gasteiger partial charge in [-0.15, -0.1) is 0 Å². The van der Waals surface area contributed by atoms with Crippen LogP contribution in [0.25, 0.3) is 0 Å². The third-order valence-corrected chi connectivity index (χ3v) is 2.86. The fourth-order valence-electron chi connectivity index (χ4n) is 1.66. The van der Waals surface area contributed by atoms with Gasteiger partial charge in [-0.05, 0) is 25.7 Å². The van der Waals surface area contributed by atoms with Gasteiger partial charge in [-0.3, -0.25) is 4.79 Å². The van der Waals surface area contributed by atoms with Gasteiger partial charge in [-0.2, -0.15) is 0 Å². The second kappa shape index (κ2) is 6.80. The lowest BCUT2D eigenvalue weighted by atomic mass is 10.0. The molecule has 1 rings (SSSR count). The van der Waals surface area contributed by atoms with Crippen molar-refractivity contribution >= 4 is 5.91 Å². The van der Waals surface area contributed by atoms with Crippen LogP contribution in [0.1, 0.15) is 19.8 Å². The van der Waals surface area contributed by atoms with Gasteiger partial charge in [0.1, 0.15) is 0 Å². The quantitative estimate of drug-likeness (QED) is 0.724. The molecule has 0 bridgehead atoms. The van der Waals surface area contributed by atoms with Crippen molar-refractivity contribution in [3.8, 4) is 0 Å². The Balaban J connectivity index is 2.07. The molecule has 88 valence electrons. The number of ether oxygens (including phenoxy) is 1. The van der Waals surface area contributed by atoms with Crippen molar-refractivity contribution in [3.05, 3.63) is 0 Å². The molecule has 1 N–H and O–H groups in total. The van der Waals surface area contributed by atoms with Gasteiger partial charge < -0.3 is 15.0 Å². The molecule has 15 heavy (non-hydrogen) atoms. The molecule has 1 aliphatic heterocycles. The zero-order chi connectivity index (χ0) is 11.1. The summed E-state index contributed by atoms with van der Waals surface area (Å²) in [6.45, 7) is 5.82. The standard InChI is InChI=1S/C11H22N2O2/c1-3-13(2)11(14)8-12-7-10-5-4-6-15-9-10/h10,12H,3-9H2,1-2H3. The van der Waals surface area contributed by atoms with Crippen LogP contribution in [0.15, 0.2) is 0 Å². The number of nitrogens with zero attached hydrogens (tertiary/aromatic N) is 1. The van der Waals surface area contributed by atoms with Crippen LogP contribution in [0.5, 0.6) is 0 Å². The monoisotopic (exact) mass is 214 g/mol. The average Bonchev–Trinajstić information content (AvgIpc) is 2.29. The van der Waals surface area contributed by atoms with Crippen molar-refractivity contribution in [2.45, 2.75) is 19.8 Å². The minimum atomic E-state index is 0.161. The van der Waals surface area contributed by atoms with Crippen molar-refractivity contribution in [3.63, 3.8) is 0 Å². The maximum absolute atomic E-state index is 11.4. The maximum Gasteiger partial charge on any atom is 0.236 e.